The van der Waals surface area contributed by atoms with E-state index in [1.165, 1.54) is 11.6 Å². The molecule has 0 saturated heterocycles. The fraction of sp³-hybridized carbons (Fsp3) is 0.111. The van der Waals surface area contributed by atoms with Gasteiger partial charge in [0, 0.05) is 12.5 Å². The second-order valence-corrected chi connectivity index (χ2v) is 5.25. The number of hydrogen-bond acceptors (Lipinski definition) is 3. The molecule has 124 valence electrons. The lowest BCUT2D eigenvalue weighted by Crippen LogP contribution is -2.14. The molecule has 0 aliphatic carbocycles. The van der Waals surface area contributed by atoms with Crippen LogP contribution in [-0.4, -0.2) is 21.1 Å². The highest BCUT2D eigenvalue weighted by atomic mass is 35.5. The van der Waals surface area contributed by atoms with Crippen LogP contribution in [0.5, 0.6) is 0 Å². The van der Waals surface area contributed by atoms with Crippen molar-refractivity contribution in [3.05, 3.63) is 71.6 Å². The molecule has 0 bridgehead atoms. The molecule has 1 aromatic heterocycles. The van der Waals surface area contributed by atoms with Gasteiger partial charge in [-0.3, -0.25) is 10.0 Å². The Morgan fingerprint density at radius 1 is 1.12 bits per heavy atom. The van der Waals surface area contributed by atoms with Crippen molar-refractivity contribution in [3.63, 3.8) is 0 Å². The minimum absolute atomic E-state index is 0. The third-order valence-electron chi connectivity index (χ3n) is 3.61. The Bertz CT molecular complexity index is 808. The zero-order chi connectivity index (χ0) is 16.1. The summed E-state index contributed by atoms with van der Waals surface area (Å²) in [5, 5.41) is 8.43. The molecule has 3 aromatic rings. The van der Waals surface area contributed by atoms with Crippen LogP contribution in [0.15, 0.2) is 54.6 Å². The lowest BCUT2D eigenvalue weighted by atomic mass is 10.1. The average molecular weight is 344 g/mol. The van der Waals surface area contributed by atoms with Gasteiger partial charge in [-0.2, -0.15) is 0 Å². The van der Waals surface area contributed by atoms with E-state index in [-0.39, 0.29) is 12.4 Å². The summed E-state index contributed by atoms with van der Waals surface area (Å²) in [7, 11) is 0. The first-order valence-corrected chi connectivity index (χ1v) is 7.39. The van der Waals surface area contributed by atoms with E-state index < -0.39 is 5.91 Å². The number of benzene rings is 2. The quantitative estimate of drug-likeness (QED) is 0.378. The third-order valence-corrected chi connectivity index (χ3v) is 3.61. The third kappa shape index (κ3) is 4.44. The molecule has 0 radical (unpaired) electrons. The summed E-state index contributed by atoms with van der Waals surface area (Å²) in [6.07, 6.45) is 4.66. The van der Waals surface area contributed by atoms with Gasteiger partial charge in [0.1, 0.15) is 5.82 Å². The van der Waals surface area contributed by atoms with E-state index in [9.17, 15) is 4.79 Å². The predicted octanol–water partition coefficient (Wildman–Crippen LogP) is 3.29. The summed E-state index contributed by atoms with van der Waals surface area (Å²) in [6, 6.07) is 15.9. The van der Waals surface area contributed by atoms with E-state index in [1.54, 1.807) is 11.6 Å². The average Bonchev–Trinajstić information content (AvgIpc) is 3.01. The molecule has 0 aliphatic heterocycles. The first kappa shape index (κ1) is 17.7. The van der Waals surface area contributed by atoms with Crippen molar-refractivity contribution in [1.29, 1.82) is 0 Å². The van der Waals surface area contributed by atoms with E-state index in [1.807, 2.05) is 48.5 Å². The largest absolute Gasteiger partial charge is 0.342 e. The minimum atomic E-state index is -0.543. The SMILES string of the molecule is Cl.O=C(/C=C/c1ccc(CCc2nc3ccccc3[nH]2)cc1)NO. The number of H-pyrrole nitrogens is 1. The number of hydroxylamine groups is 1. The number of fused-ring (bicyclic) bond motifs is 1. The Balaban J connectivity index is 0.00000208. The molecule has 24 heavy (non-hydrogen) atoms. The van der Waals surface area contributed by atoms with E-state index >= 15 is 0 Å². The van der Waals surface area contributed by atoms with E-state index in [2.05, 4.69) is 9.97 Å². The molecule has 0 aliphatic rings. The summed E-state index contributed by atoms with van der Waals surface area (Å²) < 4.78 is 0. The fourth-order valence-electron chi connectivity index (χ4n) is 2.39. The molecule has 0 saturated carbocycles. The van der Waals surface area contributed by atoms with E-state index in [0.717, 1.165) is 35.3 Å². The zero-order valence-electron chi connectivity index (χ0n) is 12.9. The minimum Gasteiger partial charge on any atom is -0.342 e. The molecule has 6 heteroatoms. The monoisotopic (exact) mass is 343 g/mol. The van der Waals surface area contributed by atoms with Crippen molar-refractivity contribution >= 4 is 35.4 Å². The van der Waals surface area contributed by atoms with Gasteiger partial charge in [-0.25, -0.2) is 10.5 Å². The van der Waals surface area contributed by atoms with Gasteiger partial charge in [0.05, 0.1) is 11.0 Å². The van der Waals surface area contributed by atoms with Crippen LogP contribution in [0.3, 0.4) is 0 Å². The Morgan fingerprint density at radius 2 is 1.88 bits per heavy atom. The number of hydrogen-bond donors (Lipinski definition) is 3. The highest BCUT2D eigenvalue weighted by molar-refractivity contribution is 5.90. The van der Waals surface area contributed by atoms with Gasteiger partial charge in [0.2, 0.25) is 0 Å². The molecule has 1 heterocycles. The van der Waals surface area contributed by atoms with Crippen LogP contribution in [0, 0.1) is 0 Å². The van der Waals surface area contributed by atoms with Gasteiger partial charge >= 0.3 is 0 Å². The topological polar surface area (TPSA) is 78.0 Å². The number of nitrogens with zero attached hydrogens (tertiary/aromatic N) is 1. The van der Waals surface area contributed by atoms with Gasteiger partial charge in [-0.1, -0.05) is 36.4 Å². The first-order valence-electron chi connectivity index (χ1n) is 7.39. The molecule has 0 atom stereocenters. The number of halogens is 1. The van der Waals surface area contributed by atoms with Gasteiger partial charge < -0.3 is 4.98 Å². The number of aromatic amines is 1. The lowest BCUT2D eigenvalue weighted by molar-refractivity contribution is -0.124. The smallest absolute Gasteiger partial charge is 0.267 e. The second kappa shape index (κ2) is 8.29. The highest BCUT2D eigenvalue weighted by Crippen LogP contribution is 2.13. The number of carbonyl (C=O) groups excluding carboxylic acids is 1. The summed E-state index contributed by atoms with van der Waals surface area (Å²) in [5.41, 5.74) is 5.72. The molecule has 1 amide bonds. The Labute approximate surface area is 145 Å². The van der Waals surface area contributed by atoms with Gasteiger partial charge in [-0.05, 0) is 35.8 Å². The van der Waals surface area contributed by atoms with Crippen LogP contribution < -0.4 is 5.48 Å². The number of aryl methyl sites for hydroxylation is 2. The van der Waals surface area contributed by atoms with Crippen LogP contribution in [-0.2, 0) is 17.6 Å². The number of aromatic nitrogens is 2. The van der Waals surface area contributed by atoms with Crippen LogP contribution in [0.25, 0.3) is 17.1 Å². The van der Waals surface area contributed by atoms with Crippen molar-refractivity contribution in [2.75, 3.05) is 0 Å². The first-order chi connectivity index (χ1) is 11.2. The number of carbonyl (C=O) groups is 1. The number of imidazole rings is 1. The van der Waals surface area contributed by atoms with Crippen molar-refractivity contribution in [1.82, 2.24) is 15.4 Å². The van der Waals surface area contributed by atoms with E-state index in [4.69, 9.17) is 5.21 Å². The van der Waals surface area contributed by atoms with Gasteiger partial charge in [0.25, 0.3) is 5.91 Å². The molecule has 2 aromatic carbocycles. The Hall–Kier alpha value is -2.63. The van der Waals surface area contributed by atoms with Crippen molar-refractivity contribution in [2.45, 2.75) is 12.8 Å². The van der Waals surface area contributed by atoms with Crippen molar-refractivity contribution in [3.8, 4) is 0 Å². The molecular formula is C18H18ClN3O2. The van der Waals surface area contributed by atoms with Crippen LogP contribution in [0.2, 0.25) is 0 Å². The molecular weight excluding hydrogens is 326 g/mol. The molecule has 5 nitrogen and oxygen atoms in total. The normalized spacial score (nSPS) is 10.7. The van der Waals surface area contributed by atoms with Gasteiger partial charge in [-0.15, -0.1) is 12.4 Å². The number of rotatable bonds is 5. The predicted molar refractivity (Wildman–Crippen MR) is 96.2 cm³/mol. The molecule has 0 fully saturated rings. The maximum atomic E-state index is 10.9. The lowest BCUT2D eigenvalue weighted by Gasteiger charge is -2.00. The molecule has 3 N–H and O–H groups in total. The molecule has 0 spiro atoms. The van der Waals surface area contributed by atoms with Crippen LogP contribution in [0.1, 0.15) is 17.0 Å². The maximum absolute atomic E-state index is 10.9. The summed E-state index contributed by atoms with van der Waals surface area (Å²) in [5.74, 6) is 0.439. The number of nitrogens with one attached hydrogen (secondary N) is 2. The summed E-state index contributed by atoms with van der Waals surface area (Å²) >= 11 is 0. The summed E-state index contributed by atoms with van der Waals surface area (Å²) in [6.45, 7) is 0. The van der Waals surface area contributed by atoms with E-state index in [0.29, 0.717) is 0 Å². The van der Waals surface area contributed by atoms with Gasteiger partial charge in [0.15, 0.2) is 0 Å². The molecule has 3 rings (SSSR count). The number of para-hydroxylation sites is 2. The maximum Gasteiger partial charge on any atom is 0.267 e. The standard InChI is InChI=1S/C18H17N3O2.ClH/c22-18(21-23)12-10-14-7-5-13(6-8-14)9-11-17-19-15-3-1-2-4-16(15)20-17;/h1-8,10,12,23H,9,11H2,(H,19,20)(H,21,22);1H/b12-10+;. The summed E-state index contributed by atoms with van der Waals surface area (Å²) in [4.78, 5) is 18.8. The van der Waals surface area contributed by atoms with Crippen LogP contribution >= 0.6 is 12.4 Å². The van der Waals surface area contributed by atoms with Crippen molar-refractivity contribution < 1.29 is 10.0 Å². The zero-order valence-corrected chi connectivity index (χ0v) is 13.7. The fourth-order valence-corrected chi connectivity index (χ4v) is 2.39. The molecule has 0 unspecified atom stereocenters. The second-order valence-electron chi connectivity index (χ2n) is 5.25. The Morgan fingerprint density at radius 3 is 2.58 bits per heavy atom. The van der Waals surface area contributed by atoms with Crippen LogP contribution in [0.4, 0.5) is 0 Å². The van der Waals surface area contributed by atoms with Crippen molar-refractivity contribution in [2.24, 2.45) is 0 Å². The number of amides is 1. The highest BCUT2D eigenvalue weighted by Gasteiger charge is 2.02. The Kier molecular flexibility index (Phi) is 6.12.